The molecule has 3 nitrogen and oxygen atoms in total. The number of sulfone groups is 1. The molecule has 0 aliphatic rings. The van der Waals surface area contributed by atoms with E-state index in [2.05, 4.69) is 21.2 Å². The summed E-state index contributed by atoms with van der Waals surface area (Å²) >= 11 is 5.01. The molecule has 0 fully saturated rings. The van der Waals surface area contributed by atoms with Crippen LogP contribution in [0, 0.1) is 0 Å². The molecule has 6 heteroatoms. The van der Waals surface area contributed by atoms with Crippen molar-refractivity contribution in [3.63, 3.8) is 0 Å². The minimum Gasteiger partial charge on any atom is -0.309 e. The summed E-state index contributed by atoms with van der Waals surface area (Å²) < 4.78 is 24.2. The lowest BCUT2D eigenvalue weighted by Gasteiger charge is -2.23. The first-order valence-electron chi connectivity index (χ1n) is 5.01. The number of hydrogen-bond acceptors (Lipinski definition) is 4. The summed E-state index contributed by atoms with van der Waals surface area (Å²) in [5, 5.41) is 6.75. The Morgan fingerprint density at radius 1 is 1.50 bits per heavy atom. The molecule has 0 spiro atoms. The van der Waals surface area contributed by atoms with Crippen molar-refractivity contribution >= 4 is 37.1 Å². The first kappa shape index (κ1) is 14.2. The standard InChI is InChI=1S/C10H16BrNO2S2/c1-4-12-10(7(2)16(3,13)14)8-5-15-6-9(8)11/h5-7,10,12H,4H2,1-3H3. The SMILES string of the molecule is CCNC(c1cscc1Br)C(C)S(C)(=O)=O. The third-order valence-electron chi connectivity index (χ3n) is 2.55. The fourth-order valence-electron chi connectivity index (χ4n) is 1.51. The molecule has 92 valence electrons. The fraction of sp³-hybridized carbons (Fsp3) is 0.600. The van der Waals surface area contributed by atoms with E-state index in [1.807, 2.05) is 17.7 Å². The third-order valence-corrected chi connectivity index (χ3v) is 5.92. The van der Waals surface area contributed by atoms with Gasteiger partial charge in [0.05, 0.1) is 11.3 Å². The van der Waals surface area contributed by atoms with Crippen LogP contribution in [0.5, 0.6) is 0 Å². The molecule has 1 aromatic rings. The second-order valence-corrected chi connectivity index (χ2v) is 7.75. The fourth-order valence-corrected chi connectivity index (χ4v) is 3.83. The van der Waals surface area contributed by atoms with Gasteiger partial charge in [-0.1, -0.05) is 6.92 Å². The first-order valence-corrected chi connectivity index (χ1v) is 8.70. The van der Waals surface area contributed by atoms with E-state index < -0.39 is 15.1 Å². The average Bonchev–Trinajstić information content (AvgIpc) is 2.58. The minimum absolute atomic E-state index is 0.152. The number of rotatable bonds is 5. The maximum Gasteiger partial charge on any atom is 0.151 e. The molecule has 0 amide bonds. The van der Waals surface area contributed by atoms with Crippen LogP contribution in [0.2, 0.25) is 0 Å². The van der Waals surface area contributed by atoms with E-state index in [4.69, 9.17) is 0 Å². The van der Waals surface area contributed by atoms with Crippen molar-refractivity contribution in [1.82, 2.24) is 5.32 Å². The van der Waals surface area contributed by atoms with Gasteiger partial charge in [0.25, 0.3) is 0 Å². The van der Waals surface area contributed by atoms with Gasteiger partial charge >= 0.3 is 0 Å². The van der Waals surface area contributed by atoms with Crippen LogP contribution in [-0.2, 0) is 9.84 Å². The zero-order chi connectivity index (χ0) is 12.3. The van der Waals surface area contributed by atoms with Crippen molar-refractivity contribution in [2.45, 2.75) is 25.1 Å². The van der Waals surface area contributed by atoms with Gasteiger partial charge in [0.15, 0.2) is 9.84 Å². The second-order valence-electron chi connectivity index (χ2n) is 3.75. The summed E-state index contributed by atoms with van der Waals surface area (Å²) in [4.78, 5) is 0. The molecule has 0 bridgehead atoms. The Morgan fingerprint density at radius 2 is 2.12 bits per heavy atom. The van der Waals surface area contributed by atoms with Crippen LogP contribution in [0.1, 0.15) is 25.5 Å². The molecule has 0 saturated carbocycles. The first-order chi connectivity index (χ1) is 7.38. The molecule has 2 unspecified atom stereocenters. The minimum atomic E-state index is -3.05. The largest absolute Gasteiger partial charge is 0.309 e. The Kier molecular flexibility index (Phi) is 4.97. The molecule has 1 aromatic heterocycles. The molecule has 0 aromatic carbocycles. The Hall–Kier alpha value is 0.0900. The smallest absolute Gasteiger partial charge is 0.151 e. The monoisotopic (exact) mass is 325 g/mol. The Balaban J connectivity index is 3.05. The van der Waals surface area contributed by atoms with Crippen molar-refractivity contribution in [3.8, 4) is 0 Å². The molecule has 1 heterocycles. The summed E-state index contributed by atoms with van der Waals surface area (Å²) in [5.41, 5.74) is 1.02. The maximum absolute atomic E-state index is 11.6. The Morgan fingerprint density at radius 3 is 2.50 bits per heavy atom. The number of thiophene rings is 1. The van der Waals surface area contributed by atoms with Crippen LogP contribution >= 0.6 is 27.3 Å². The van der Waals surface area contributed by atoms with Gasteiger partial charge < -0.3 is 5.32 Å². The Labute approximate surface area is 109 Å². The molecule has 0 saturated heterocycles. The maximum atomic E-state index is 11.6. The molecule has 1 N–H and O–H groups in total. The van der Waals surface area contributed by atoms with Crippen molar-refractivity contribution < 1.29 is 8.42 Å². The van der Waals surface area contributed by atoms with Gasteiger partial charge in [0, 0.05) is 16.1 Å². The van der Waals surface area contributed by atoms with E-state index in [0.717, 1.165) is 16.6 Å². The van der Waals surface area contributed by atoms with Gasteiger partial charge in [0.2, 0.25) is 0 Å². The van der Waals surface area contributed by atoms with Gasteiger partial charge in [-0.15, -0.1) is 0 Å². The van der Waals surface area contributed by atoms with Crippen molar-refractivity contribution in [2.24, 2.45) is 0 Å². The predicted octanol–water partition coefficient (Wildman–Crippen LogP) is 2.59. The van der Waals surface area contributed by atoms with Crippen LogP contribution in [-0.4, -0.2) is 26.5 Å². The van der Waals surface area contributed by atoms with Crippen LogP contribution in [0.3, 0.4) is 0 Å². The Bertz CT molecular complexity index is 441. The van der Waals surface area contributed by atoms with Gasteiger partial charge in [-0.2, -0.15) is 11.3 Å². The highest BCUT2D eigenvalue weighted by molar-refractivity contribution is 9.10. The van der Waals surface area contributed by atoms with Gasteiger partial charge in [-0.05, 0) is 40.3 Å². The van der Waals surface area contributed by atoms with Crippen molar-refractivity contribution in [2.75, 3.05) is 12.8 Å². The predicted molar refractivity (Wildman–Crippen MR) is 72.7 cm³/mol. The lowest BCUT2D eigenvalue weighted by atomic mass is 10.1. The molecule has 0 aliphatic heterocycles. The van der Waals surface area contributed by atoms with E-state index in [9.17, 15) is 8.42 Å². The van der Waals surface area contributed by atoms with Crippen molar-refractivity contribution in [1.29, 1.82) is 0 Å². The summed E-state index contributed by atoms with van der Waals surface area (Å²) in [6.45, 7) is 4.46. The van der Waals surface area contributed by atoms with Crippen LogP contribution < -0.4 is 5.32 Å². The van der Waals surface area contributed by atoms with Crippen LogP contribution in [0.25, 0.3) is 0 Å². The molecule has 0 radical (unpaired) electrons. The molecular weight excluding hydrogens is 310 g/mol. The summed E-state index contributed by atoms with van der Waals surface area (Å²) in [6.07, 6.45) is 1.28. The number of nitrogens with one attached hydrogen (secondary N) is 1. The van der Waals surface area contributed by atoms with Gasteiger partial charge in [-0.25, -0.2) is 8.42 Å². The van der Waals surface area contributed by atoms with E-state index >= 15 is 0 Å². The second kappa shape index (κ2) is 5.62. The topological polar surface area (TPSA) is 46.2 Å². The lowest BCUT2D eigenvalue weighted by Crippen LogP contribution is -2.34. The molecule has 0 aliphatic carbocycles. The number of halogens is 1. The molecule has 2 atom stereocenters. The third kappa shape index (κ3) is 3.29. The zero-order valence-electron chi connectivity index (χ0n) is 9.53. The average molecular weight is 326 g/mol. The highest BCUT2D eigenvalue weighted by atomic mass is 79.9. The van der Waals surface area contributed by atoms with Gasteiger partial charge in [-0.3, -0.25) is 0 Å². The molecule has 16 heavy (non-hydrogen) atoms. The van der Waals surface area contributed by atoms with E-state index in [1.165, 1.54) is 6.26 Å². The summed E-state index contributed by atoms with van der Waals surface area (Å²) in [6, 6.07) is -0.152. The van der Waals surface area contributed by atoms with E-state index in [-0.39, 0.29) is 6.04 Å². The van der Waals surface area contributed by atoms with Crippen LogP contribution in [0.4, 0.5) is 0 Å². The van der Waals surface area contributed by atoms with E-state index in [1.54, 1.807) is 18.3 Å². The molecular formula is C10H16BrNO2S2. The normalized spacial score (nSPS) is 16.0. The van der Waals surface area contributed by atoms with E-state index in [0.29, 0.717) is 0 Å². The zero-order valence-corrected chi connectivity index (χ0v) is 12.7. The highest BCUT2D eigenvalue weighted by Gasteiger charge is 2.28. The van der Waals surface area contributed by atoms with Crippen molar-refractivity contribution in [3.05, 3.63) is 20.8 Å². The summed E-state index contributed by atoms with van der Waals surface area (Å²) in [7, 11) is -3.05. The molecule has 1 rings (SSSR count). The quantitative estimate of drug-likeness (QED) is 0.905. The lowest BCUT2D eigenvalue weighted by molar-refractivity contribution is 0.513. The highest BCUT2D eigenvalue weighted by Crippen LogP contribution is 2.31. The summed E-state index contributed by atoms with van der Waals surface area (Å²) in [5.74, 6) is 0. The van der Waals surface area contributed by atoms with Crippen LogP contribution in [0.15, 0.2) is 15.2 Å². The number of hydrogen-bond donors (Lipinski definition) is 1. The van der Waals surface area contributed by atoms with Gasteiger partial charge in [0.1, 0.15) is 0 Å².